The van der Waals surface area contributed by atoms with Crippen LogP contribution in [0.2, 0.25) is 0 Å². The fraction of sp³-hybridized carbons (Fsp3) is 0.700. The number of carboxylic acids is 1. The zero-order chi connectivity index (χ0) is 36.4. The van der Waals surface area contributed by atoms with Crippen LogP contribution in [0.5, 0.6) is 0 Å². The molecule has 3 heterocycles. The minimum atomic E-state index is -1.29. The first-order valence-corrected chi connectivity index (χ1v) is 16.3. The number of aliphatic imine (C=N–C) groups is 1. The van der Waals surface area contributed by atoms with Gasteiger partial charge in [-0.25, -0.2) is 9.69 Å². The first-order valence-electron chi connectivity index (χ1n) is 16.3. The van der Waals surface area contributed by atoms with E-state index in [0.29, 0.717) is 12.8 Å². The molecule has 0 aliphatic carbocycles. The highest BCUT2D eigenvalue weighted by Gasteiger charge is 2.47. The second-order valence-corrected chi connectivity index (χ2v) is 12.8. The number of cyclic esters (lactones) is 1. The number of ketones is 1. The summed E-state index contributed by atoms with van der Waals surface area (Å²) < 4.78 is 4.96. The Morgan fingerprint density at radius 3 is 2.24 bits per heavy atom. The highest BCUT2D eigenvalue weighted by Crippen LogP contribution is 2.23. The van der Waals surface area contributed by atoms with Crippen LogP contribution in [-0.2, 0) is 38.3 Å². The van der Waals surface area contributed by atoms with Crippen LogP contribution < -0.4 is 27.8 Å². The number of carbonyl (C=O) groups is 8. The molecule has 3 aliphatic heterocycles. The number of hydrogen-bond donors (Lipinski definition) is 6. The van der Waals surface area contributed by atoms with E-state index in [1.165, 1.54) is 4.90 Å². The number of Topliss-reactive ketones (excluding diaryl/α,β-unsaturated/α-hetero) is 1. The minimum absolute atomic E-state index is 0.0723. The quantitative estimate of drug-likeness (QED) is 0.0279. The topological polar surface area (TPSA) is 290 Å². The molecule has 0 aromatic carbocycles. The van der Waals surface area contributed by atoms with E-state index in [-0.39, 0.29) is 76.9 Å². The number of ether oxygens (including phenoxy) is 1. The number of nitrogens with two attached hydrogens (primary N) is 3. The van der Waals surface area contributed by atoms with Crippen molar-refractivity contribution in [2.45, 2.75) is 83.0 Å². The maximum atomic E-state index is 13.8. The Labute approximate surface area is 283 Å². The smallest absolute Gasteiger partial charge is 0.325 e. The number of primary amides is 1. The lowest BCUT2D eigenvalue weighted by atomic mass is 9.94. The predicted octanol–water partition coefficient (Wildman–Crippen LogP) is -2.75. The first kappa shape index (κ1) is 38.6. The molecule has 6 amide bonds. The number of carbonyl (C=O) groups excluding carboxylic acids is 7. The summed E-state index contributed by atoms with van der Waals surface area (Å²) in [7, 11) is 0. The molecule has 3 saturated heterocycles. The molecular weight excluding hydrogens is 646 g/mol. The molecule has 49 heavy (non-hydrogen) atoms. The first-order chi connectivity index (χ1) is 23.1. The third-order valence-corrected chi connectivity index (χ3v) is 8.63. The van der Waals surface area contributed by atoms with Crippen LogP contribution in [0.3, 0.4) is 0 Å². The monoisotopic (exact) mass is 693 g/mol. The van der Waals surface area contributed by atoms with Crippen molar-refractivity contribution >= 4 is 53.3 Å². The lowest BCUT2D eigenvalue weighted by Crippen LogP contribution is -2.60. The number of guanidine groups is 1. The Kier molecular flexibility index (Phi) is 13.8. The number of aliphatic carboxylic acids is 1. The molecule has 19 heteroatoms. The van der Waals surface area contributed by atoms with Crippen molar-refractivity contribution in [3.63, 3.8) is 0 Å². The van der Waals surface area contributed by atoms with Crippen LogP contribution >= 0.6 is 0 Å². The van der Waals surface area contributed by atoms with E-state index in [4.69, 9.17) is 27.0 Å². The van der Waals surface area contributed by atoms with Crippen LogP contribution in [-0.4, -0.2) is 137 Å². The molecule has 272 valence electrons. The average molecular weight is 694 g/mol. The molecule has 3 fully saturated rings. The van der Waals surface area contributed by atoms with E-state index in [1.807, 2.05) is 13.8 Å². The lowest BCUT2D eigenvalue weighted by Gasteiger charge is -2.40. The summed E-state index contributed by atoms with van der Waals surface area (Å²) in [6.07, 6.45) is -0.140. The largest absolute Gasteiger partial charge is 0.481 e. The van der Waals surface area contributed by atoms with Crippen LogP contribution in [0.4, 0.5) is 4.79 Å². The minimum Gasteiger partial charge on any atom is -0.481 e. The standard InChI is InChI=1S/C30H47N9O10/c1-16(2)12-21(39-26(45)19(14-24(42)43)36-30(39)48)27(46)38-9-7-37(8-10-38)20(15-23(31)41)25(44)35-18(4-3-6-34-29(32)33)22(40)13-17-5-11-49-28(17)47/h16-21H,3-15H2,1-2H3,(H2,31,41)(H,35,44)(H,36,48)(H,42,43)(H4,32,33,34)/t17-,18+,19+,20+,21-/m1/s1. The molecule has 0 bridgehead atoms. The van der Waals surface area contributed by atoms with Gasteiger partial charge in [-0.1, -0.05) is 13.8 Å². The highest BCUT2D eigenvalue weighted by molar-refractivity contribution is 6.08. The highest BCUT2D eigenvalue weighted by atomic mass is 16.5. The van der Waals surface area contributed by atoms with Gasteiger partial charge >= 0.3 is 18.0 Å². The van der Waals surface area contributed by atoms with Gasteiger partial charge < -0.3 is 42.6 Å². The Morgan fingerprint density at radius 1 is 1.02 bits per heavy atom. The van der Waals surface area contributed by atoms with Gasteiger partial charge in [0.15, 0.2) is 11.7 Å². The number of hydrogen-bond acceptors (Lipinski definition) is 11. The molecular formula is C30H47N9O10. The summed E-state index contributed by atoms with van der Waals surface area (Å²) >= 11 is 0. The van der Waals surface area contributed by atoms with Gasteiger partial charge in [0.1, 0.15) is 12.1 Å². The van der Waals surface area contributed by atoms with E-state index in [0.717, 1.165) is 4.90 Å². The summed E-state index contributed by atoms with van der Waals surface area (Å²) in [5.74, 6) is -5.74. The molecule has 0 unspecified atom stereocenters. The number of nitrogens with zero attached hydrogens (tertiary/aromatic N) is 4. The van der Waals surface area contributed by atoms with Gasteiger partial charge in [0.05, 0.1) is 37.5 Å². The molecule has 3 rings (SSSR count). The molecule has 5 atom stereocenters. The van der Waals surface area contributed by atoms with Gasteiger partial charge in [-0.15, -0.1) is 0 Å². The second-order valence-electron chi connectivity index (χ2n) is 12.8. The van der Waals surface area contributed by atoms with E-state index in [2.05, 4.69) is 15.6 Å². The van der Waals surface area contributed by atoms with Gasteiger partial charge in [-0.05, 0) is 31.6 Å². The molecule has 3 aliphatic rings. The van der Waals surface area contributed by atoms with Crippen molar-refractivity contribution < 1.29 is 48.2 Å². The number of piperazine rings is 1. The van der Waals surface area contributed by atoms with Crippen molar-refractivity contribution in [3.05, 3.63) is 0 Å². The number of rotatable bonds is 18. The van der Waals surface area contributed by atoms with Gasteiger partial charge in [-0.2, -0.15) is 0 Å². The third-order valence-electron chi connectivity index (χ3n) is 8.63. The van der Waals surface area contributed by atoms with E-state index in [9.17, 15) is 38.4 Å². The molecule has 19 nitrogen and oxygen atoms in total. The van der Waals surface area contributed by atoms with Crippen LogP contribution in [0, 0.1) is 11.8 Å². The number of esters is 1. The summed E-state index contributed by atoms with van der Waals surface area (Å²) in [6, 6.07) is -5.41. The molecule has 0 spiro atoms. The van der Waals surface area contributed by atoms with Gasteiger partial charge in [-0.3, -0.25) is 43.5 Å². The molecule has 0 aromatic heterocycles. The van der Waals surface area contributed by atoms with Crippen LogP contribution in [0.1, 0.15) is 58.8 Å². The summed E-state index contributed by atoms with van der Waals surface area (Å²) in [4.78, 5) is 109. The molecule has 0 saturated carbocycles. The van der Waals surface area contributed by atoms with Gasteiger partial charge in [0.2, 0.25) is 17.7 Å². The maximum absolute atomic E-state index is 13.8. The number of amides is 6. The molecule has 0 radical (unpaired) electrons. The number of imide groups is 1. The third kappa shape index (κ3) is 10.8. The molecule has 9 N–H and O–H groups in total. The fourth-order valence-corrected chi connectivity index (χ4v) is 6.16. The summed E-state index contributed by atoms with van der Waals surface area (Å²) in [6.45, 7) is 4.41. The second kappa shape index (κ2) is 17.5. The Balaban J connectivity index is 1.72. The SMILES string of the molecule is CC(C)C[C@H](C(=O)N1CCN([C@@H](CC(N)=O)C(=O)N[C@@H](CCCN=C(N)N)C(=O)C[C@H]2CCOC2=O)CC1)N1C(=O)N[C@@H](CC(=O)O)C1=O. The predicted molar refractivity (Wildman–Crippen MR) is 171 cm³/mol. The molecule has 0 aromatic rings. The van der Waals surface area contributed by atoms with Crippen molar-refractivity contribution in [3.8, 4) is 0 Å². The number of carboxylic acid groups (broad SMARTS) is 1. The summed E-state index contributed by atoms with van der Waals surface area (Å²) in [5.41, 5.74) is 16.3. The summed E-state index contributed by atoms with van der Waals surface area (Å²) in [5, 5.41) is 14.2. The number of urea groups is 1. The normalized spacial score (nSPS) is 21.5. The van der Waals surface area contributed by atoms with Crippen molar-refractivity contribution in [1.29, 1.82) is 0 Å². The Bertz CT molecular complexity index is 1330. The zero-order valence-electron chi connectivity index (χ0n) is 27.8. The number of nitrogens with one attached hydrogen (secondary N) is 2. The van der Waals surface area contributed by atoms with E-state index < -0.39 is 83.9 Å². The van der Waals surface area contributed by atoms with Crippen molar-refractivity contribution in [1.82, 2.24) is 25.3 Å². The van der Waals surface area contributed by atoms with Crippen molar-refractivity contribution in [2.75, 3.05) is 39.3 Å². The average Bonchev–Trinajstić information content (AvgIpc) is 3.55. The maximum Gasteiger partial charge on any atom is 0.325 e. The zero-order valence-corrected chi connectivity index (χ0v) is 27.8. The van der Waals surface area contributed by atoms with Crippen LogP contribution in [0.15, 0.2) is 4.99 Å². The Hall–Kier alpha value is -4.81. The fourth-order valence-electron chi connectivity index (χ4n) is 6.16. The van der Waals surface area contributed by atoms with E-state index in [1.54, 1.807) is 4.90 Å². The lowest BCUT2D eigenvalue weighted by molar-refractivity contribution is -0.146. The van der Waals surface area contributed by atoms with Crippen LogP contribution in [0.25, 0.3) is 0 Å². The van der Waals surface area contributed by atoms with Gasteiger partial charge in [0, 0.05) is 39.1 Å². The van der Waals surface area contributed by atoms with Crippen molar-refractivity contribution in [2.24, 2.45) is 34.0 Å². The Morgan fingerprint density at radius 2 is 1.69 bits per heavy atom. The van der Waals surface area contributed by atoms with Gasteiger partial charge in [0.25, 0.3) is 5.91 Å². The van der Waals surface area contributed by atoms with E-state index >= 15 is 0 Å².